The van der Waals surface area contributed by atoms with Crippen LogP contribution in [0.5, 0.6) is 0 Å². The van der Waals surface area contributed by atoms with Gasteiger partial charge < -0.3 is 24.6 Å². The molecule has 55 heavy (non-hydrogen) atoms. The van der Waals surface area contributed by atoms with Crippen LogP contribution in [0.2, 0.25) is 0 Å². The molecule has 0 aliphatic carbocycles. The highest BCUT2D eigenvalue weighted by Crippen LogP contribution is 2.43. The zero-order valence-electron chi connectivity index (χ0n) is 34.6. The number of ether oxygens (including phenoxy) is 2. The summed E-state index contributed by atoms with van der Waals surface area (Å²) in [7, 11) is -4.62. The first-order valence-corrected chi connectivity index (χ1v) is 23.1. The molecule has 320 valence electrons. The van der Waals surface area contributed by atoms with Gasteiger partial charge in [-0.1, -0.05) is 165 Å². The fourth-order valence-corrected chi connectivity index (χ4v) is 6.48. The quantitative estimate of drug-likeness (QED) is 0.0237. The van der Waals surface area contributed by atoms with Crippen LogP contribution in [0.15, 0.2) is 48.6 Å². The van der Waals surface area contributed by atoms with E-state index in [0.717, 1.165) is 70.6 Å². The fourth-order valence-electron chi connectivity index (χ4n) is 5.69. The average Bonchev–Trinajstić information content (AvgIpc) is 3.17. The minimum Gasteiger partial charge on any atom is -0.462 e. The van der Waals surface area contributed by atoms with Crippen molar-refractivity contribution < 1.29 is 47.8 Å². The van der Waals surface area contributed by atoms with Crippen molar-refractivity contribution in [2.45, 2.75) is 193 Å². The minimum absolute atomic E-state index is 0.156. The van der Waals surface area contributed by atoms with Gasteiger partial charge in [0.1, 0.15) is 12.7 Å². The molecule has 10 nitrogen and oxygen atoms in total. The van der Waals surface area contributed by atoms with Crippen LogP contribution in [0.3, 0.4) is 0 Å². The molecule has 0 fully saturated rings. The van der Waals surface area contributed by atoms with E-state index in [1.165, 1.54) is 70.6 Å². The summed E-state index contributed by atoms with van der Waals surface area (Å²) in [5.74, 6) is -0.950. The largest absolute Gasteiger partial charge is 0.472 e. The Hall–Kier alpha value is -2.07. The molecular weight excluding hydrogens is 719 g/mol. The molecule has 0 aliphatic rings. The van der Waals surface area contributed by atoms with Gasteiger partial charge in [-0.05, 0) is 51.4 Å². The van der Waals surface area contributed by atoms with Crippen LogP contribution in [-0.4, -0.2) is 65.7 Å². The van der Waals surface area contributed by atoms with Crippen LogP contribution >= 0.6 is 7.82 Å². The van der Waals surface area contributed by atoms with Crippen molar-refractivity contribution in [1.82, 2.24) is 0 Å². The zero-order chi connectivity index (χ0) is 40.5. The number of carbonyl (C=O) groups is 2. The maximum atomic E-state index is 12.6. The Morgan fingerprint density at radius 3 is 1.51 bits per heavy atom. The second kappa shape index (κ2) is 40.1. The lowest BCUT2D eigenvalue weighted by atomic mass is 10.0. The lowest BCUT2D eigenvalue weighted by Gasteiger charge is -2.20. The van der Waals surface area contributed by atoms with E-state index in [4.69, 9.17) is 19.1 Å². The molecule has 11 heteroatoms. The van der Waals surface area contributed by atoms with Gasteiger partial charge in [0.15, 0.2) is 6.10 Å². The maximum absolute atomic E-state index is 12.6. The molecule has 0 aromatic carbocycles. The van der Waals surface area contributed by atoms with E-state index in [0.29, 0.717) is 12.8 Å². The molecule has 0 amide bonds. The Morgan fingerprint density at radius 2 is 1.00 bits per heavy atom. The molecule has 0 aromatic heterocycles. The summed E-state index contributed by atoms with van der Waals surface area (Å²) >= 11 is 0. The van der Waals surface area contributed by atoms with Crippen molar-refractivity contribution in [1.29, 1.82) is 0 Å². The summed E-state index contributed by atoms with van der Waals surface area (Å²) in [6.45, 7) is 2.24. The molecule has 0 aromatic rings. The summed E-state index contributed by atoms with van der Waals surface area (Å²) in [4.78, 5) is 35.0. The SMILES string of the molecule is CC/C=C\C/C=C\C/C=C\C/C=C\CCCCCCC(=O)OC(COC(=O)CCCCCCCCCCCCCCCCC)COP(=O)(O)OCC(O)CO. The first-order valence-electron chi connectivity index (χ1n) is 21.6. The second-order valence-electron chi connectivity index (χ2n) is 14.3. The summed E-state index contributed by atoms with van der Waals surface area (Å²) in [6.07, 6.45) is 42.2. The van der Waals surface area contributed by atoms with E-state index in [1.807, 2.05) is 0 Å². The monoisotopic (exact) mass is 799 g/mol. The summed E-state index contributed by atoms with van der Waals surface area (Å²) < 4.78 is 32.7. The van der Waals surface area contributed by atoms with Crippen molar-refractivity contribution in [3.05, 3.63) is 48.6 Å². The second-order valence-corrected chi connectivity index (χ2v) is 15.8. The molecule has 0 radical (unpaired) electrons. The normalized spacial score (nSPS) is 14.3. The Balaban J connectivity index is 4.34. The number of allylic oxidation sites excluding steroid dienone is 8. The number of carbonyl (C=O) groups excluding carboxylic acids is 2. The van der Waals surface area contributed by atoms with Crippen molar-refractivity contribution in [2.75, 3.05) is 26.4 Å². The predicted octanol–water partition coefficient (Wildman–Crippen LogP) is 11.3. The van der Waals surface area contributed by atoms with Gasteiger partial charge in [-0.3, -0.25) is 18.6 Å². The number of aliphatic hydroxyl groups is 2. The van der Waals surface area contributed by atoms with Gasteiger partial charge in [0, 0.05) is 12.8 Å². The molecule has 3 N–H and O–H groups in total. The number of phosphoric ester groups is 1. The number of aliphatic hydroxyl groups excluding tert-OH is 2. The van der Waals surface area contributed by atoms with E-state index < -0.39 is 51.8 Å². The molecule has 0 bridgehead atoms. The molecule has 3 atom stereocenters. The number of rotatable bonds is 40. The zero-order valence-corrected chi connectivity index (χ0v) is 35.5. The molecule has 3 unspecified atom stereocenters. The molecule has 0 saturated heterocycles. The number of hydrogen-bond acceptors (Lipinski definition) is 9. The van der Waals surface area contributed by atoms with Crippen LogP contribution in [0.25, 0.3) is 0 Å². The van der Waals surface area contributed by atoms with E-state index in [-0.39, 0.29) is 19.4 Å². The standard InChI is InChI=1S/C44H79O10P/c1-3-5-7-9-11-13-15-17-19-20-22-24-26-28-30-32-34-36-44(48)54-42(40-53-55(49,50)52-38-41(46)37-45)39-51-43(47)35-33-31-29-27-25-23-21-18-16-14-12-10-8-6-4-2/h5,7,11,13,17,19,22,24,41-42,45-46H,3-4,6,8-10,12,14-16,18,20-21,23,25-40H2,1-2H3,(H,49,50)/b7-5-,13-11-,19-17-,24-22-. The molecule has 0 rings (SSSR count). The van der Waals surface area contributed by atoms with Crippen molar-refractivity contribution >= 4 is 19.8 Å². The Labute approximate surface area is 334 Å². The first kappa shape index (κ1) is 52.9. The third-order valence-electron chi connectivity index (χ3n) is 9.00. The molecule has 0 saturated carbocycles. The Morgan fingerprint density at radius 1 is 0.564 bits per heavy atom. The van der Waals surface area contributed by atoms with E-state index in [9.17, 15) is 24.2 Å². The van der Waals surface area contributed by atoms with Crippen LogP contribution in [0.1, 0.15) is 181 Å². The molecule has 0 heterocycles. The lowest BCUT2D eigenvalue weighted by molar-refractivity contribution is -0.161. The third kappa shape index (κ3) is 39.9. The number of unbranched alkanes of at least 4 members (excludes halogenated alkanes) is 18. The average molecular weight is 799 g/mol. The van der Waals surface area contributed by atoms with Crippen molar-refractivity contribution in [3.63, 3.8) is 0 Å². The van der Waals surface area contributed by atoms with E-state index in [1.54, 1.807) is 0 Å². The topological polar surface area (TPSA) is 149 Å². The van der Waals surface area contributed by atoms with Gasteiger partial charge in [-0.15, -0.1) is 0 Å². The summed E-state index contributed by atoms with van der Waals surface area (Å²) in [5.41, 5.74) is 0. The number of phosphoric acid groups is 1. The third-order valence-corrected chi connectivity index (χ3v) is 9.95. The maximum Gasteiger partial charge on any atom is 0.472 e. The summed E-state index contributed by atoms with van der Waals surface area (Å²) in [6, 6.07) is 0. The fraction of sp³-hybridized carbons (Fsp3) is 0.773. The molecule has 0 aliphatic heterocycles. The van der Waals surface area contributed by atoms with Gasteiger partial charge in [-0.2, -0.15) is 0 Å². The highest BCUT2D eigenvalue weighted by atomic mass is 31.2. The predicted molar refractivity (Wildman–Crippen MR) is 224 cm³/mol. The highest BCUT2D eigenvalue weighted by molar-refractivity contribution is 7.47. The number of esters is 2. The Bertz CT molecular complexity index is 1060. The van der Waals surface area contributed by atoms with Crippen LogP contribution in [0, 0.1) is 0 Å². The van der Waals surface area contributed by atoms with Crippen LogP contribution in [0.4, 0.5) is 0 Å². The van der Waals surface area contributed by atoms with Gasteiger partial charge in [0.05, 0.1) is 19.8 Å². The van der Waals surface area contributed by atoms with Gasteiger partial charge in [0.25, 0.3) is 0 Å². The number of hydrogen-bond donors (Lipinski definition) is 3. The minimum atomic E-state index is -4.62. The molecule has 0 spiro atoms. The summed E-state index contributed by atoms with van der Waals surface area (Å²) in [5, 5.41) is 18.3. The smallest absolute Gasteiger partial charge is 0.462 e. The van der Waals surface area contributed by atoms with Gasteiger partial charge in [-0.25, -0.2) is 4.57 Å². The first-order chi connectivity index (χ1) is 26.7. The van der Waals surface area contributed by atoms with Gasteiger partial charge >= 0.3 is 19.8 Å². The lowest BCUT2D eigenvalue weighted by Crippen LogP contribution is -2.29. The van der Waals surface area contributed by atoms with Crippen molar-refractivity contribution in [2.24, 2.45) is 0 Å². The van der Waals surface area contributed by atoms with E-state index in [2.05, 4.69) is 67.0 Å². The highest BCUT2D eigenvalue weighted by Gasteiger charge is 2.27. The van der Waals surface area contributed by atoms with E-state index >= 15 is 0 Å². The molecular formula is C44H79O10P. The van der Waals surface area contributed by atoms with Gasteiger partial charge in [0.2, 0.25) is 0 Å². The van der Waals surface area contributed by atoms with Crippen LogP contribution in [-0.2, 0) is 32.7 Å². The van der Waals surface area contributed by atoms with Crippen molar-refractivity contribution in [3.8, 4) is 0 Å². The van der Waals surface area contributed by atoms with Crippen LogP contribution < -0.4 is 0 Å². The Kier molecular flexibility index (Phi) is 38.6.